The molecular formula is C17H18N2O. The van der Waals surface area contributed by atoms with Crippen LogP contribution in [0, 0.1) is 0 Å². The van der Waals surface area contributed by atoms with Crippen LogP contribution in [0.5, 0.6) is 0 Å². The minimum Gasteiger partial charge on any atom is -0.316 e. The van der Waals surface area contributed by atoms with Crippen molar-refractivity contribution in [1.82, 2.24) is 0 Å². The summed E-state index contributed by atoms with van der Waals surface area (Å²) in [5.41, 5.74) is 9.22. The number of benzene rings is 2. The number of hydrogen-bond donors (Lipinski definition) is 1. The lowest BCUT2D eigenvalue weighted by Crippen LogP contribution is -2.41. The number of fused-ring (bicyclic) bond motifs is 1. The van der Waals surface area contributed by atoms with Crippen LogP contribution >= 0.6 is 0 Å². The van der Waals surface area contributed by atoms with Gasteiger partial charge in [-0.15, -0.1) is 0 Å². The summed E-state index contributed by atoms with van der Waals surface area (Å²) < 4.78 is 0. The van der Waals surface area contributed by atoms with E-state index < -0.39 is 6.04 Å². The van der Waals surface area contributed by atoms with E-state index in [1.165, 1.54) is 5.56 Å². The molecule has 3 heteroatoms. The molecule has 0 spiro atoms. The van der Waals surface area contributed by atoms with Crippen molar-refractivity contribution >= 4 is 11.6 Å². The van der Waals surface area contributed by atoms with Gasteiger partial charge in [0.15, 0.2) is 0 Å². The summed E-state index contributed by atoms with van der Waals surface area (Å²) in [6, 6.07) is 17.1. The summed E-state index contributed by atoms with van der Waals surface area (Å²) in [5, 5.41) is 0. The van der Waals surface area contributed by atoms with E-state index in [-0.39, 0.29) is 11.9 Å². The zero-order chi connectivity index (χ0) is 14.1. The van der Waals surface area contributed by atoms with Gasteiger partial charge in [-0.05, 0) is 30.5 Å². The Labute approximate surface area is 119 Å². The highest BCUT2D eigenvalue weighted by Gasteiger charge is 2.33. The molecule has 0 fully saturated rings. The maximum atomic E-state index is 12.7. The summed E-state index contributed by atoms with van der Waals surface area (Å²) in [5.74, 6) is -0.0337. The summed E-state index contributed by atoms with van der Waals surface area (Å²) >= 11 is 0. The number of carbonyl (C=O) groups excluding carboxylic acids is 1. The molecule has 0 aliphatic carbocycles. The van der Waals surface area contributed by atoms with Gasteiger partial charge in [0.05, 0.1) is 0 Å². The zero-order valence-corrected chi connectivity index (χ0v) is 11.5. The van der Waals surface area contributed by atoms with Gasteiger partial charge in [0, 0.05) is 11.7 Å². The predicted molar refractivity (Wildman–Crippen MR) is 80.5 cm³/mol. The van der Waals surface area contributed by atoms with E-state index in [0.29, 0.717) is 0 Å². The number of anilines is 1. The van der Waals surface area contributed by atoms with Crippen LogP contribution in [0.2, 0.25) is 0 Å². The SMILES string of the molecule is CC1Cc2ccccc2N1C(=O)[C@H](N)c1ccccc1. The molecule has 1 amide bonds. The standard InChI is InChI=1S/C17H18N2O/c1-12-11-14-9-5-6-10-15(14)19(12)17(20)16(18)13-7-3-2-4-8-13/h2-10,12,16H,11,18H2,1H3/t12?,16-/m1/s1. The first-order chi connectivity index (χ1) is 9.68. The van der Waals surface area contributed by atoms with E-state index in [0.717, 1.165) is 17.7 Å². The van der Waals surface area contributed by atoms with Crippen molar-refractivity contribution in [3.8, 4) is 0 Å². The fourth-order valence-electron chi connectivity index (χ4n) is 2.85. The third-order valence-electron chi connectivity index (χ3n) is 3.87. The maximum Gasteiger partial charge on any atom is 0.248 e. The fourth-order valence-corrected chi connectivity index (χ4v) is 2.85. The molecule has 1 aliphatic heterocycles. The molecule has 1 aliphatic rings. The second kappa shape index (κ2) is 5.10. The molecule has 0 aromatic heterocycles. The van der Waals surface area contributed by atoms with Crippen molar-refractivity contribution < 1.29 is 4.79 Å². The molecule has 1 heterocycles. The number of nitrogens with two attached hydrogens (primary N) is 1. The first-order valence-electron chi connectivity index (χ1n) is 6.90. The second-order valence-electron chi connectivity index (χ2n) is 5.28. The quantitative estimate of drug-likeness (QED) is 0.908. The Balaban J connectivity index is 1.91. The van der Waals surface area contributed by atoms with Gasteiger partial charge in [-0.1, -0.05) is 48.5 Å². The van der Waals surface area contributed by atoms with E-state index in [1.54, 1.807) is 0 Å². The lowest BCUT2D eigenvalue weighted by molar-refractivity contribution is -0.120. The molecule has 2 aromatic carbocycles. The van der Waals surface area contributed by atoms with Crippen molar-refractivity contribution in [2.75, 3.05) is 4.90 Å². The van der Waals surface area contributed by atoms with Crippen LogP contribution in [0.15, 0.2) is 54.6 Å². The van der Waals surface area contributed by atoms with Crippen LogP contribution in [0.25, 0.3) is 0 Å². The topological polar surface area (TPSA) is 46.3 Å². The third kappa shape index (κ3) is 2.10. The molecule has 102 valence electrons. The molecule has 3 nitrogen and oxygen atoms in total. The Morgan fingerprint density at radius 1 is 1.15 bits per heavy atom. The van der Waals surface area contributed by atoms with Gasteiger partial charge < -0.3 is 10.6 Å². The van der Waals surface area contributed by atoms with Gasteiger partial charge in [-0.25, -0.2) is 0 Å². The minimum absolute atomic E-state index is 0.0337. The largest absolute Gasteiger partial charge is 0.316 e. The van der Waals surface area contributed by atoms with Gasteiger partial charge in [0.1, 0.15) is 6.04 Å². The Hall–Kier alpha value is -2.13. The summed E-state index contributed by atoms with van der Waals surface area (Å²) in [6.45, 7) is 2.07. The molecule has 0 saturated heterocycles. The van der Waals surface area contributed by atoms with E-state index >= 15 is 0 Å². The highest BCUT2D eigenvalue weighted by molar-refractivity contribution is 6.00. The molecular weight excluding hydrogens is 248 g/mol. The Kier molecular flexibility index (Phi) is 3.28. The maximum absolute atomic E-state index is 12.7. The minimum atomic E-state index is -0.607. The van der Waals surface area contributed by atoms with E-state index in [4.69, 9.17) is 5.73 Å². The summed E-state index contributed by atoms with van der Waals surface area (Å²) in [4.78, 5) is 14.6. The highest BCUT2D eigenvalue weighted by Crippen LogP contribution is 2.33. The lowest BCUT2D eigenvalue weighted by atomic mass is 10.1. The molecule has 0 saturated carbocycles. The van der Waals surface area contributed by atoms with Crippen LogP contribution in [-0.2, 0) is 11.2 Å². The van der Waals surface area contributed by atoms with Crippen molar-refractivity contribution in [3.05, 3.63) is 65.7 Å². The predicted octanol–water partition coefficient (Wildman–Crippen LogP) is 2.66. The summed E-state index contributed by atoms with van der Waals surface area (Å²) in [7, 11) is 0. The normalized spacial score (nSPS) is 18.7. The van der Waals surface area contributed by atoms with Crippen LogP contribution in [0.4, 0.5) is 5.69 Å². The average Bonchev–Trinajstić information content (AvgIpc) is 2.82. The zero-order valence-electron chi connectivity index (χ0n) is 11.5. The van der Waals surface area contributed by atoms with Crippen molar-refractivity contribution in [2.24, 2.45) is 5.73 Å². The van der Waals surface area contributed by atoms with Crippen LogP contribution in [0.1, 0.15) is 24.1 Å². The van der Waals surface area contributed by atoms with E-state index in [1.807, 2.05) is 53.4 Å². The molecule has 2 atom stereocenters. The molecule has 20 heavy (non-hydrogen) atoms. The average molecular weight is 266 g/mol. The van der Waals surface area contributed by atoms with Crippen molar-refractivity contribution in [3.63, 3.8) is 0 Å². The molecule has 0 radical (unpaired) electrons. The smallest absolute Gasteiger partial charge is 0.248 e. The van der Waals surface area contributed by atoms with Gasteiger partial charge in [0.2, 0.25) is 5.91 Å². The number of amides is 1. The number of rotatable bonds is 2. The van der Waals surface area contributed by atoms with Crippen LogP contribution in [-0.4, -0.2) is 11.9 Å². The first kappa shape index (κ1) is 12.9. The van der Waals surface area contributed by atoms with E-state index in [2.05, 4.69) is 13.0 Å². The van der Waals surface area contributed by atoms with Gasteiger partial charge >= 0.3 is 0 Å². The second-order valence-corrected chi connectivity index (χ2v) is 5.28. The van der Waals surface area contributed by atoms with Crippen LogP contribution < -0.4 is 10.6 Å². The van der Waals surface area contributed by atoms with Gasteiger partial charge in [-0.3, -0.25) is 4.79 Å². The molecule has 2 N–H and O–H groups in total. The van der Waals surface area contributed by atoms with Crippen LogP contribution in [0.3, 0.4) is 0 Å². The van der Waals surface area contributed by atoms with Gasteiger partial charge in [-0.2, -0.15) is 0 Å². The Bertz CT molecular complexity index is 624. The summed E-state index contributed by atoms with van der Waals surface area (Å²) in [6.07, 6.45) is 0.892. The fraction of sp³-hybridized carbons (Fsp3) is 0.235. The lowest BCUT2D eigenvalue weighted by Gasteiger charge is -2.26. The number of carbonyl (C=O) groups is 1. The monoisotopic (exact) mass is 266 g/mol. The molecule has 0 bridgehead atoms. The molecule has 3 rings (SSSR count). The Morgan fingerprint density at radius 2 is 1.80 bits per heavy atom. The van der Waals surface area contributed by atoms with Crippen molar-refractivity contribution in [2.45, 2.75) is 25.4 Å². The molecule has 1 unspecified atom stereocenters. The Morgan fingerprint density at radius 3 is 2.55 bits per heavy atom. The first-order valence-corrected chi connectivity index (χ1v) is 6.90. The number of para-hydroxylation sites is 1. The molecule has 2 aromatic rings. The van der Waals surface area contributed by atoms with E-state index in [9.17, 15) is 4.79 Å². The number of nitrogens with zero attached hydrogens (tertiary/aromatic N) is 1. The highest BCUT2D eigenvalue weighted by atomic mass is 16.2. The number of hydrogen-bond acceptors (Lipinski definition) is 2. The third-order valence-corrected chi connectivity index (χ3v) is 3.87. The van der Waals surface area contributed by atoms with Crippen molar-refractivity contribution in [1.29, 1.82) is 0 Å². The van der Waals surface area contributed by atoms with Gasteiger partial charge in [0.25, 0.3) is 0 Å².